The molecular formula is C17H19NO2S. The Bertz CT molecular complexity index is 623. The van der Waals surface area contributed by atoms with Crippen LogP contribution in [0.5, 0.6) is 0 Å². The molecule has 3 nitrogen and oxygen atoms in total. The molecule has 110 valence electrons. The summed E-state index contributed by atoms with van der Waals surface area (Å²) in [4.78, 5) is 14.9. The van der Waals surface area contributed by atoms with E-state index in [0.717, 1.165) is 19.4 Å². The summed E-state index contributed by atoms with van der Waals surface area (Å²) in [7, 11) is 0. The van der Waals surface area contributed by atoms with Crippen LogP contribution in [0.1, 0.15) is 34.9 Å². The number of aryl methyl sites for hydroxylation is 1. The first-order chi connectivity index (χ1) is 10.2. The van der Waals surface area contributed by atoms with Crippen molar-refractivity contribution in [2.75, 3.05) is 6.54 Å². The standard InChI is InChI=1S/C17H19NO2S/c1-12-5-2-6-13(11-12)16(15-8-4-10-21-15)18-9-3-7-14(18)17(19)20/h2,4-6,8,10-11,14,16H,3,7,9H2,1H3,(H,19,20). The van der Waals surface area contributed by atoms with Gasteiger partial charge in [0, 0.05) is 11.4 Å². The van der Waals surface area contributed by atoms with E-state index in [1.165, 1.54) is 16.0 Å². The van der Waals surface area contributed by atoms with Crippen molar-refractivity contribution in [3.05, 3.63) is 57.8 Å². The van der Waals surface area contributed by atoms with E-state index < -0.39 is 5.97 Å². The highest BCUT2D eigenvalue weighted by molar-refractivity contribution is 7.10. The minimum Gasteiger partial charge on any atom is -0.480 e. The SMILES string of the molecule is Cc1cccc(C(c2cccs2)N2CCCC2C(=O)O)c1. The molecular weight excluding hydrogens is 282 g/mol. The summed E-state index contributed by atoms with van der Waals surface area (Å²) in [6.07, 6.45) is 1.69. The van der Waals surface area contributed by atoms with Crippen molar-refractivity contribution in [3.8, 4) is 0 Å². The molecule has 2 unspecified atom stereocenters. The van der Waals surface area contributed by atoms with Crippen LogP contribution >= 0.6 is 11.3 Å². The second-order valence-corrected chi connectivity index (χ2v) is 6.55. The molecule has 21 heavy (non-hydrogen) atoms. The Morgan fingerprint density at radius 2 is 2.24 bits per heavy atom. The van der Waals surface area contributed by atoms with Crippen LogP contribution in [0, 0.1) is 6.92 Å². The number of likely N-dealkylation sites (tertiary alicyclic amines) is 1. The van der Waals surface area contributed by atoms with E-state index in [1.54, 1.807) is 11.3 Å². The zero-order valence-corrected chi connectivity index (χ0v) is 12.8. The number of hydrogen-bond acceptors (Lipinski definition) is 3. The fraction of sp³-hybridized carbons (Fsp3) is 0.353. The van der Waals surface area contributed by atoms with Gasteiger partial charge in [0.15, 0.2) is 0 Å². The van der Waals surface area contributed by atoms with Gasteiger partial charge in [-0.3, -0.25) is 9.69 Å². The lowest BCUT2D eigenvalue weighted by Gasteiger charge is -2.31. The van der Waals surface area contributed by atoms with Gasteiger partial charge in [-0.25, -0.2) is 0 Å². The third-order valence-corrected chi connectivity index (χ3v) is 5.01. The van der Waals surface area contributed by atoms with E-state index in [0.29, 0.717) is 0 Å². The normalized spacial score (nSPS) is 20.5. The van der Waals surface area contributed by atoms with Crippen molar-refractivity contribution >= 4 is 17.3 Å². The lowest BCUT2D eigenvalue weighted by molar-refractivity contribution is -0.142. The van der Waals surface area contributed by atoms with Gasteiger partial charge in [0.25, 0.3) is 0 Å². The fourth-order valence-corrected chi connectivity index (χ4v) is 4.04. The largest absolute Gasteiger partial charge is 0.480 e. The summed E-state index contributed by atoms with van der Waals surface area (Å²) in [5.74, 6) is -0.707. The second kappa shape index (κ2) is 6.00. The molecule has 2 aromatic rings. The molecule has 1 aromatic carbocycles. The van der Waals surface area contributed by atoms with Gasteiger partial charge < -0.3 is 5.11 Å². The molecule has 0 bridgehead atoms. The van der Waals surface area contributed by atoms with Gasteiger partial charge in [0.2, 0.25) is 0 Å². The number of hydrogen-bond donors (Lipinski definition) is 1. The summed E-state index contributed by atoms with van der Waals surface area (Å²) >= 11 is 1.70. The van der Waals surface area contributed by atoms with Crippen molar-refractivity contribution in [1.82, 2.24) is 4.90 Å². The topological polar surface area (TPSA) is 40.5 Å². The van der Waals surface area contributed by atoms with Crippen molar-refractivity contribution in [2.45, 2.75) is 31.8 Å². The Labute approximate surface area is 128 Å². The molecule has 3 rings (SSSR count). The van der Waals surface area contributed by atoms with Crippen LogP contribution < -0.4 is 0 Å². The number of carboxylic acids is 1. The summed E-state index contributed by atoms with van der Waals surface area (Å²) in [6.45, 7) is 2.92. The first-order valence-corrected chi connectivity index (χ1v) is 8.13. The average Bonchev–Trinajstić information content (AvgIpc) is 3.10. The predicted octanol–water partition coefficient (Wildman–Crippen LogP) is 3.69. The molecule has 4 heteroatoms. The first kappa shape index (κ1) is 14.3. The molecule has 1 aliphatic rings. The van der Waals surface area contributed by atoms with Crippen LogP contribution in [-0.4, -0.2) is 28.6 Å². The van der Waals surface area contributed by atoms with Gasteiger partial charge in [0.1, 0.15) is 6.04 Å². The van der Waals surface area contributed by atoms with Crippen molar-refractivity contribution in [2.24, 2.45) is 0 Å². The molecule has 1 aliphatic heterocycles. The van der Waals surface area contributed by atoms with Gasteiger partial charge in [-0.05, 0) is 36.8 Å². The summed E-state index contributed by atoms with van der Waals surface area (Å²) in [6, 6.07) is 12.2. The molecule has 0 amide bonds. The van der Waals surface area contributed by atoms with Gasteiger partial charge in [-0.15, -0.1) is 11.3 Å². The van der Waals surface area contributed by atoms with E-state index in [9.17, 15) is 9.90 Å². The first-order valence-electron chi connectivity index (χ1n) is 7.25. The van der Waals surface area contributed by atoms with Crippen molar-refractivity contribution < 1.29 is 9.90 Å². The van der Waals surface area contributed by atoms with Gasteiger partial charge in [-0.2, -0.15) is 0 Å². The maximum Gasteiger partial charge on any atom is 0.320 e. The molecule has 1 aromatic heterocycles. The third kappa shape index (κ3) is 2.87. The van der Waals surface area contributed by atoms with E-state index in [1.807, 2.05) is 6.07 Å². The smallest absolute Gasteiger partial charge is 0.320 e. The molecule has 2 heterocycles. The zero-order valence-electron chi connectivity index (χ0n) is 12.0. The molecule has 0 radical (unpaired) electrons. The summed E-state index contributed by atoms with van der Waals surface area (Å²) < 4.78 is 0. The van der Waals surface area contributed by atoms with Crippen molar-refractivity contribution in [1.29, 1.82) is 0 Å². The average molecular weight is 301 g/mol. The summed E-state index contributed by atoms with van der Waals surface area (Å²) in [5, 5.41) is 11.6. The maximum absolute atomic E-state index is 11.5. The van der Waals surface area contributed by atoms with Gasteiger partial charge >= 0.3 is 5.97 Å². The monoisotopic (exact) mass is 301 g/mol. The molecule has 0 saturated carbocycles. The number of nitrogens with zero attached hydrogens (tertiary/aromatic N) is 1. The highest BCUT2D eigenvalue weighted by Gasteiger charge is 2.37. The Morgan fingerprint density at radius 3 is 2.90 bits per heavy atom. The van der Waals surface area contributed by atoms with Crippen LogP contribution in [0.2, 0.25) is 0 Å². The maximum atomic E-state index is 11.5. The number of thiophene rings is 1. The van der Waals surface area contributed by atoms with Crippen LogP contribution in [-0.2, 0) is 4.79 Å². The number of carbonyl (C=O) groups is 1. The Kier molecular flexibility index (Phi) is 4.08. The highest BCUT2D eigenvalue weighted by atomic mass is 32.1. The number of rotatable bonds is 4. The van der Waals surface area contributed by atoms with Crippen LogP contribution in [0.15, 0.2) is 41.8 Å². The van der Waals surface area contributed by atoms with Gasteiger partial charge in [0.05, 0.1) is 6.04 Å². The van der Waals surface area contributed by atoms with E-state index >= 15 is 0 Å². The second-order valence-electron chi connectivity index (χ2n) is 5.57. The lowest BCUT2D eigenvalue weighted by atomic mass is 10.0. The van der Waals surface area contributed by atoms with Crippen molar-refractivity contribution in [3.63, 3.8) is 0 Å². The highest BCUT2D eigenvalue weighted by Crippen LogP contribution is 2.37. The predicted molar refractivity (Wildman–Crippen MR) is 84.7 cm³/mol. The molecule has 0 aliphatic carbocycles. The minimum atomic E-state index is -0.707. The zero-order chi connectivity index (χ0) is 14.8. The third-order valence-electron chi connectivity index (χ3n) is 4.08. The Morgan fingerprint density at radius 1 is 1.38 bits per heavy atom. The quantitative estimate of drug-likeness (QED) is 0.936. The molecule has 1 N–H and O–H groups in total. The number of benzene rings is 1. The van der Waals surface area contributed by atoms with Crippen LogP contribution in [0.3, 0.4) is 0 Å². The fourth-order valence-electron chi connectivity index (χ4n) is 3.17. The molecule has 2 atom stereocenters. The number of carboxylic acid groups (broad SMARTS) is 1. The molecule has 1 saturated heterocycles. The van der Waals surface area contributed by atoms with E-state index in [2.05, 4.69) is 47.5 Å². The van der Waals surface area contributed by atoms with E-state index in [-0.39, 0.29) is 12.1 Å². The van der Waals surface area contributed by atoms with Gasteiger partial charge in [-0.1, -0.05) is 35.9 Å². The molecule has 0 spiro atoms. The Hall–Kier alpha value is -1.65. The summed E-state index contributed by atoms with van der Waals surface area (Å²) in [5.41, 5.74) is 2.39. The number of aliphatic carboxylic acids is 1. The molecule has 1 fully saturated rings. The minimum absolute atomic E-state index is 0.0495. The Balaban J connectivity index is 2.03. The lowest BCUT2D eigenvalue weighted by Crippen LogP contribution is -2.39. The van der Waals surface area contributed by atoms with Crippen LogP contribution in [0.4, 0.5) is 0 Å². The van der Waals surface area contributed by atoms with Crippen LogP contribution in [0.25, 0.3) is 0 Å². The van der Waals surface area contributed by atoms with E-state index in [4.69, 9.17) is 0 Å².